The van der Waals surface area contributed by atoms with Gasteiger partial charge >= 0.3 is 0 Å². The maximum atomic E-state index is 11.5. The highest BCUT2D eigenvalue weighted by atomic mass is 16.2. The summed E-state index contributed by atoms with van der Waals surface area (Å²) in [5, 5.41) is 8.84. The van der Waals surface area contributed by atoms with Crippen LogP contribution in [0.1, 0.15) is 5.56 Å². The van der Waals surface area contributed by atoms with E-state index in [-0.39, 0.29) is 11.5 Å². The fourth-order valence-electron chi connectivity index (χ4n) is 1.10. The molecule has 1 rings (SSSR count). The van der Waals surface area contributed by atoms with Gasteiger partial charge in [0, 0.05) is 14.1 Å². The molecular formula is C12H12N2O. The third kappa shape index (κ3) is 2.96. The Hall–Kier alpha value is -2.08. The number of hydrogen-bond acceptors (Lipinski definition) is 2. The van der Waals surface area contributed by atoms with Gasteiger partial charge in [-0.2, -0.15) is 5.26 Å². The van der Waals surface area contributed by atoms with E-state index in [1.165, 1.54) is 4.90 Å². The predicted octanol–water partition coefficient (Wildman–Crippen LogP) is 1.68. The molecule has 0 N–H and O–H groups in total. The number of carbonyl (C=O) groups is 1. The molecule has 0 saturated heterocycles. The van der Waals surface area contributed by atoms with Gasteiger partial charge in [-0.25, -0.2) is 0 Å². The zero-order valence-corrected chi connectivity index (χ0v) is 8.77. The van der Waals surface area contributed by atoms with Crippen molar-refractivity contribution < 1.29 is 4.79 Å². The van der Waals surface area contributed by atoms with E-state index in [1.807, 2.05) is 36.4 Å². The monoisotopic (exact) mass is 200 g/mol. The maximum Gasteiger partial charge on any atom is 0.264 e. The smallest absolute Gasteiger partial charge is 0.264 e. The zero-order chi connectivity index (χ0) is 11.3. The highest BCUT2D eigenvalue weighted by Crippen LogP contribution is 2.07. The standard InChI is InChI=1S/C12H12N2O/c1-14(2)12(15)11(9-13)8-10-6-4-3-5-7-10/h3-8H,1-2H3/b11-8-. The molecule has 0 spiro atoms. The molecule has 0 aliphatic carbocycles. The molecule has 0 aliphatic heterocycles. The third-order valence-electron chi connectivity index (χ3n) is 1.87. The third-order valence-corrected chi connectivity index (χ3v) is 1.87. The Morgan fingerprint density at radius 3 is 2.40 bits per heavy atom. The minimum atomic E-state index is -0.277. The molecule has 0 unspecified atom stereocenters. The van der Waals surface area contributed by atoms with E-state index in [9.17, 15) is 4.79 Å². The van der Waals surface area contributed by atoms with E-state index in [2.05, 4.69) is 0 Å². The molecule has 0 aliphatic rings. The minimum absolute atomic E-state index is 0.145. The van der Waals surface area contributed by atoms with Crippen LogP contribution in [0.3, 0.4) is 0 Å². The second kappa shape index (κ2) is 4.97. The molecule has 0 saturated carbocycles. The van der Waals surface area contributed by atoms with Crippen molar-refractivity contribution in [2.75, 3.05) is 14.1 Å². The van der Waals surface area contributed by atoms with Gasteiger partial charge in [-0.3, -0.25) is 4.79 Å². The maximum absolute atomic E-state index is 11.5. The predicted molar refractivity (Wildman–Crippen MR) is 58.7 cm³/mol. The Labute approximate surface area is 89.2 Å². The van der Waals surface area contributed by atoms with Gasteiger partial charge in [-0.1, -0.05) is 30.3 Å². The summed E-state index contributed by atoms with van der Waals surface area (Å²) in [5.74, 6) is -0.277. The Morgan fingerprint density at radius 1 is 1.33 bits per heavy atom. The van der Waals surface area contributed by atoms with E-state index in [0.717, 1.165) is 5.56 Å². The number of rotatable bonds is 2. The fraction of sp³-hybridized carbons (Fsp3) is 0.167. The highest BCUT2D eigenvalue weighted by molar-refractivity contribution is 6.01. The molecule has 15 heavy (non-hydrogen) atoms. The Morgan fingerprint density at radius 2 is 1.93 bits per heavy atom. The van der Waals surface area contributed by atoms with E-state index < -0.39 is 0 Å². The molecule has 1 aromatic carbocycles. The van der Waals surface area contributed by atoms with E-state index >= 15 is 0 Å². The van der Waals surface area contributed by atoms with E-state index in [4.69, 9.17) is 5.26 Å². The summed E-state index contributed by atoms with van der Waals surface area (Å²) < 4.78 is 0. The van der Waals surface area contributed by atoms with Crippen molar-refractivity contribution in [1.82, 2.24) is 4.90 Å². The molecular weight excluding hydrogens is 188 g/mol. The Kier molecular flexibility index (Phi) is 3.64. The molecule has 3 nitrogen and oxygen atoms in total. The number of amides is 1. The molecule has 1 amide bonds. The van der Waals surface area contributed by atoms with Crippen molar-refractivity contribution in [2.24, 2.45) is 0 Å². The Balaban J connectivity index is 3.00. The number of nitriles is 1. The highest BCUT2D eigenvalue weighted by Gasteiger charge is 2.10. The average Bonchev–Trinajstić information content (AvgIpc) is 2.26. The number of likely N-dealkylation sites (N-methyl/N-ethyl adjacent to an activating group) is 1. The Bertz CT molecular complexity index is 413. The van der Waals surface area contributed by atoms with Gasteiger partial charge in [0.1, 0.15) is 11.6 Å². The van der Waals surface area contributed by atoms with Crippen molar-refractivity contribution in [3.05, 3.63) is 41.5 Å². The van der Waals surface area contributed by atoms with Crippen LogP contribution in [0.2, 0.25) is 0 Å². The molecule has 0 atom stereocenters. The van der Waals surface area contributed by atoms with E-state index in [1.54, 1.807) is 20.2 Å². The van der Waals surface area contributed by atoms with E-state index in [0.29, 0.717) is 0 Å². The summed E-state index contributed by atoms with van der Waals surface area (Å²) >= 11 is 0. The SMILES string of the molecule is CN(C)C(=O)/C(C#N)=C\c1ccccc1. The number of carbonyl (C=O) groups excluding carboxylic acids is 1. The van der Waals surface area contributed by atoms with Crippen LogP contribution < -0.4 is 0 Å². The first kappa shape index (κ1) is 11.0. The van der Waals surface area contributed by atoms with Crippen molar-refractivity contribution in [3.63, 3.8) is 0 Å². The molecule has 0 radical (unpaired) electrons. The molecule has 0 heterocycles. The molecule has 76 valence electrons. The van der Waals surface area contributed by atoms with Crippen molar-refractivity contribution in [1.29, 1.82) is 5.26 Å². The summed E-state index contributed by atoms with van der Waals surface area (Å²) in [6.07, 6.45) is 1.59. The van der Waals surface area contributed by atoms with Gasteiger partial charge in [0.2, 0.25) is 0 Å². The largest absolute Gasteiger partial charge is 0.344 e. The first-order valence-electron chi connectivity index (χ1n) is 4.53. The minimum Gasteiger partial charge on any atom is -0.344 e. The van der Waals surface area contributed by atoms with Crippen molar-refractivity contribution in [2.45, 2.75) is 0 Å². The molecule has 0 bridgehead atoms. The van der Waals surface area contributed by atoms with Gasteiger partial charge in [0.25, 0.3) is 5.91 Å². The number of benzene rings is 1. The second-order valence-electron chi connectivity index (χ2n) is 3.28. The van der Waals surface area contributed by atoms with Gasteiger partial charge in [-0.05, 0) is 11.6 Å². The first-order valence-corrected chi connectivity index (χ1v) is 4.53. The van der Waals surface area contributed by atoms with Crippen LogP contribution in [0.5, 0.6) is 0 Å². The quantitative estimate of drug-likeness (QED) is 0.538. The number of hydrogen-bond donors (Lipinski definition) is 0. The van der Waals surface area contributed by atoms with Gasteiger partial charge < -0.3 is 4.90 Å². The van der Waals surface area contributed by atoms with Gasteiger partial charge in [0.05, 0.1) is 0 Å². The van der Waals surface area contributed by atoms with Crippen molar-refractivity contribution >= 4 is 12.0 Å². The first-order chi connectivity index (χ1) is 7.15. The van der Waals surface area contributed by atoms with Crippen molar-refractivity contribution in [3.8, 4) is 6.07 Å². The van der Waals surface area contributed by atoms with Crippen LogP contribution in [0.4, 0.5) is 0 Å². The summed E-state index contributed by atoms with van der Waals surface area (Å²) in [5.41, 5.74) is 0.996. The van der Waals surface area contributed by atoms with Crippen LogP contribution in [-0.2, 0) is 4.79 Å². The molecule has 0 aromatic heterocycles. The zero-order valence-electron chi connectivity index (χ0n) is 8.77. The lowest BCUT2D eigenvalue weighted by atomic mass is 10.1. The lowest BCUT2D eigenvalue weighted by Gasteiger charge is -2.08. The second-order valence-corrected chi connectivity index (χ2v) is 3.28. The molecule has 1 aromatic rings. The fourth-order valence-corrected chi connectivity index (χ4v) is 1.10. The van der Waals surface area contributed by atoms with Crippen LogP contribution >= 0.6 is 0 Å². The summed E-state index contributed by atoms with van der Waals surface area (Å²) in [4.78, 5) is 12.9. The summed E-state index contributed by atoms with van der Waals surface area (Å²) in [6, 6.07) is 11.2. The number of nitrogens with zero attached hydrogens (tertiary/aromatic N) is 2. The molecule has 3 heteroatoms. The topological polar surface area (TPSA) is 44.1 Å². The molecule has 0 fully saturated rings. The van der Waals surface area contributed by atoms with Crippen LogP contribution in [0.25, 0.3) is 6.08 Å². The van der Waals surface area contributed by atoms with Gasteiger partial charge in [0.15, 0.2) is 0 Å². The average molecular weight is 200 g/mol. The van der Waals surface area contributed by atoms with Gasteiger partial charge in [-0.15, -0.1) is 0 Å². The summed E-state index contributed by atoms with van der Waals surface area (Å²) in [7, 11) is 3.25. The van der Waals surface area contributed by atoms with Crippen LogP contribution in [-0.4, -0.2) is 24.9 Å². The van der Waals surface area contributed by atoms with Crippen LogP contribution in [0.15, 0.2) is 35.9 Å². The lowest BCUT2D eigenvalue weighted by Crippen LogP contribution is -2.22. The lowest BCUT2D eigenvalue weighted by molar-refractivity contribution is -0.124. The summed E-state index contributed by atoms with van der Waals surface area (Å²) in [6.45, 7) is 0. The normalized spacial score (nSPS) is 10.6. The van der Waals surface area contributed by atoms with Crippen LogP contribution in [0, 0.1) is 11.3 Å².